The highest BCUT2D eigenvalue weighted by Crippen LogP contribution is 2.37. The van der Waals surface area contributed by atoms with Crippen LogP contribution in [0.2, 0.25) is 5.02 Å². The van der Waals surface area contributed by atoms with Crippen LogP contribution in [0.5, 0.6) is 5.75 Å². The minimum absolute atomic E-state index is 0.0221. The van der Waals surface area contributed by atoms with Crippen molar-refractivity contribution in [3.63, 3.8) is 0 Å². The number of halogens is 4. The zero-order chi connectivity index (χ0) is 24.1. The van der Waals surface area contributed by atoms with E-state index in [9.17, 15) is 18.0 Å². The van der Waals surface area contributed by atoms with Gasteiger partial charge in [-0.15, -0.1) is 13.2 Å². The average molecular weight is 492 g/mol. The van der Waals surface area contributed by atoms with E-state index in [1.165, 1.54) is 18.2 Å². The number of alkyl halides is 3. The zero-order valence-electron chi connectivity index (χ0n) is 17.8. The van der Waals surface area contributed by atoms with Crippen LogP contribution >= 0.6 is 11.6 Å². The zero-order valence-corrected chi connectivity index (χ0v) is 18.6. The number of carbonyl (C=O) groups is 1. The molecule has 1 fully saturated rings. The molecule has 0 atom stereocenters. The second-order valence-corrected chi connectivity index (χ2v) is 8.05. The minimum Gasteiger partial charge on any atom is -0.406 e. The number of nitrogens with zero attached hydrogens (tertiary/aromatic N) is 3. The van der Waals surface area contributed by atoms with Gasteiger partial charge in [0.1, 0.15) is 11.6 Å². The maximum atomic E-state index is 12.6. The van der Waals surface area contributed by atoms with Crippen molar-refractivity contribution in [2.45, 2.75) is 25.2 Å². The van der Waals surface area contributed by atoms with Crippen molar-refractivity contribution in [3.8, 4) is 16.9 Å². The van der Waals surface area contributed by atoms with E-state index >= 15 is 0 Å². The highest BCUT2D eigenvalue weighted by atomic mass is 35.5. The lowest BCUT2D eigenvalue weighted by molar-refractivity contribution is -0.274. The molecule has 34 heavy (non-hydrogen) atoms. The van der Waals surface area contributed by atoms with E-state index in [0.29, 0.717) is 53.6 Å². The Balaban J connectivity index is 1.40. The molecule has 0 bridgehead atoms. The fourth-order valence-electron chi connectivity index (χ4n) is 3.76. The molecule has 7 nitrogen and oxygen atoms in total. The number of nitrogens with one attached hydrogen (secondary N) is 2. The van der Waals surface area contributed by atoms with Gasteiger partial charge in [-0.2, -0.15) is 0 Å². The van der Waals surface area contributed by atoms with E-state index < -0.39 is 6.36 Å². The van der Waals surface area contributed by atoms with Crippen molar-refractivity contribution in [3.05, 3.63) is 66.1 Å². The summed E-state index contributed by atoms with van der Waals surface area (Å²) in [4.78, 5) is 22.6. The predicted octanol–water partition coefficient (Wildman–Crippen LogP) is 5.49. The summed E-state index contributed by atoms with van der Waals surface area (Å²) in [5.74, 6) is 0.218. The summed E-state index contributed by atoms with van der Waals surface area (Å²) < 4.78 is 41.8. The Morgan fingerprint density at radius 2 is 1.91 bits per heavy atom. The molecule has 1 aliphatic heterocycles. The van der Waals surface area contributed by atoms with Crippen LogP contribution in [-0.2, 0) is 0 Å². The SMILES string of the molecule is O=C(Nc1cccnc1)NC1CCN(c2nccc(-c3cccc(OC(F)(F)F)c3)c2Cl)CC1. The molecule has 2 aromatic heterocycles. The first kappa shape index (κ1) is 23.6. The second-order valence-electron chi connectivity index (χ2n) is 7.67. The van der Waals surface area contributed by atoms with Crippen molar-refractivity contribution in [1.29, 1.82) is 0 Å². The van der Waals surface area contributed by atoms with E-state index in [4.69, 9.17) is 11.6 Å². The first-order valence-corrected chi connectivity index (χ1v) is 10.9. The summed E-state index contributed by atoms with van der Waals surface area (Å²) in [6.45, 7) is 1.20. The number of pyridine rings is 2. The number of hydrogen-bond donors (Lipinski definition) is 2. The summed E-state index contributed by atoms with van der Waals surface area (Å²) >= 11 is 6.62. The van der Waals surface area contributed by atoms with Gasteiger partial charge in [0.2, 0.25) is 0 Å². The van der Waals surface area contributed by atoms with Crippen LogP contribution in [0.1, 0.15) is 12.8 Å². The normalized spacial score (nSPS) is 14.5. The van der Waals surface area contributed by atoms with E-state index in [2.05, 4.69) is 25.3 Å². The number of aromatic nitrogens is 2. The summed E-state index contributed by atoms with van der Waals surface area (Å²) in [7, 11) is 0. The number of piperidine rings is 1. The smallest absolute Gasteiger partial charge is 0.406 e. The number of anilines is 2. The molecule has 0 radical (unpaired) electrons. The molecule has 2 amide bonds. The van der Waals surface area contributed by atoms with Gasteiger partial charge in [-0.3, -0.25) is 4.98 Å². The number of benzene rings is 1. The Kier molecular flexibility index (Phi) is 7.06. The average Bonchev–Trinajstić information content (AvgIpc) is 2.79. The molecule has 3 aromatic rings. The monoisotopic (exact) mass is 491 g/mol. The molecule has 11 heteroatoms. The number of hydrogen-bond acceptors (Lipinski definition) is 5. The summed E-state index contributed by atoms with van der Waals surface area (Å²) in [5.41, 5.74) is 1.64. The summed E-state index contributed by atoms with van der Waals surface area (Å²) in [5, 5.41) is 6.04. The van der Waals surface area contributed by atoms with Crippen molar-refractivity contribution in [2.24, 2.45) is 0 Å². The van der Waals surface area contributed by atoms with Gasteiger partial charge < -0.3 is 20.3 Å². The highest BCUT2D eigenvalue weighted by Gasteiger charge is 2.31. The number of rotatable bonds is 5. The van der Waals surface area contributed by atoms with Gasteiger partial charge in [0.05, 0.1) is 16.9 Å². The van der Waals surface area contributed by atoms with Crippen LogP contribution in [0.15, 0.2) is 61.1 Å². The van der Waals surface area contributed by atoms with Crippen LogP contribution in [-0.4, -0.2) is 41.5 Å². The van der Waals surface area contributed by atoms with Crippen LogP contribution < -0.4 is 20.3 Å². The molecule has 2 N–H and O–H groups in total. The Labute approximate surface area is 198 Å². The van der Waals surface area contributed by atoms with Crippen LogP contribution in [0.4, 0.5) is 29.5 Å². The van der Waals surface area contributed by atoms with Gasteiger partial charge in [0, 0.05) is 37.1 Å². The van der Waals surface area contributed by atoms with E-state index in [1.807, 2.05) is 4.90 Å². The fourth-order valence-corrected chi connectivity index (χ4v) is 4.10. The van der Waals surface area contributed by atoms with Gasteiger partial charge in [-0.1, -0.05) is 23.7 Å². The molecule has 0 saturated carbocycles. The van der Waals surface area contributed by atoms with Crippen molar-refractivity contribution < 1.29 is 22.7 Å². The third-order valence-corrected chi connectivity index (χ3v) is 5.67. The maximum absolute atomic E-state index is 12.6. The highest BCUT2D eigenvalue weighted by molar-refractivity contribution is 6.35. The quantitative estimate of drug-likeness (QED) is 0.493. The molecule has 4 rings (SSSR count). The lowest BCUT2D eigenvalue weighted by Crippen LogP contribution is -2.46. The van der Waals surface area contributed by atoms with Gasteiger partial charge >= 0.3 is 12.4 Å². The molecule has 3 heterocycles. The summed E-state index contributed by atoms with van der Waals surface area (Å²) in [6.07, 6.45) is 1.33. The molecule has 0 spiro atoms. The molecule has 1 aliphatic rings. The fraction of sp³-hybridized carbons (Fsp3) is 0.261. The van der Waals surface area contributed by atoms with Crippen LogP contribution in [0.3, 0.4) is 0 Å². The lowest BCUT2D eigenvalue weighted by Gasteiger charge is -2.33. The third-order valence-electron chi connectivity index (χ3n) is 5.30. The molecule has 0 aliphatic carbocycles. The van der Waals surface area contributed by atoms with Crippen molar-refractivity contribution in [1.82, 2.24) is 15.3 Å². The topological polar surface area (TPSA) is 79.4 Å². The molecule has 0 unspecified atom stereocenters. The molecular weight excluding hydrogens is 471 g/mol. The third kappa shape index (κ3) is 6.07. The predicted molar refractivity (Wildman–Crippen MR) is 123 cm³/mol. The Morgan fingerprint density at radius 1 is 1.12 bits per heavy atom. The Bertz CT molecular complexity index is 1140. The largest absolute Gasteiger partial charge is 0.573 e. The van der Waals surface area contributed by atoms with Crippen molar-refractivity contribution >= 4 is 29.1 Å². The summed E-state index contributed by atoms with van der Waals surface area (Å²) in [6, 6.07) is 10.5. The lowest BCUT2D eigenvalue weighted by atomic mass is 10.0. The van der Waals surface area contributed by atoms with Crippen LogP contribution in [0.25, 0.3) is 11.1 Å². The van der Waals surface area contributed by atoms with Gasteiger partial charge in [0.25, 0.3) is 0 Å². The minimum atomic E-state index is -4.78. The van der Waals surface area contributed by atoms with Crippen molar-refractivity contribution in [2.75, 3.05) is 23.3 Å². The van der Waals surface area contributed by atoms with E-state index in [1.54, 1.807) is 42.9 Å². The van der Waals surface area contributed by atoms with Gasteiger partial charge in [-0.25, -0.2) is 9.78 Å². The Morgan fingerprint density at radius 3 is 2.62 bits per heavy atom. The molecular formula is C23H21ClF3N5O2. The number of urea groups is 1. The standard InChI is InChI=1S/C23H21ClF3N5O2/c24-20-19(15-3-1-5-18(13-15)34-23(25,26)27)6-10-29-21(20)32-11-7-16(8-12-32)30-22(33)31-17-4-2-9-28-14-17/h1-6,9-10,13-14,16H,7-8,11-12H2,(H2,30,31,33). The Hall–Kier alpha value is -3.53. The molecule has 1 saturated heterocycles. The van der Waals surface area contributed by atoms with Crippen LogP contribution in [0, 0.1) is 0 Å². The molecule has 1 aromatic carbocycles. The van der Waals surface area contributed by atoms with Gasteiger partial charge in [-0.05, 0) is 48.7 Å². The number of amides is 2. The number of carbonyl (C=O) groups excluding carboxylic acids is 1. The first-order chi connectivity index (χ1) is 16.3. The van der Waals surface area contributed by atoms with E-state index in [-0.39, 0.29) is 17.8 Å². The van der Waals surface area contributed by atoms with Gasteiger partial charge in [0.15, 0.2) is 0 Å². The van der Waals surface area contributed by atoms with E-state index in [0.717, 1.165) is 0 Å². The second kappa shape index (κ2) is 10.2. The molecule has 178 valence electrons. The maximum Gasteiger partial charge on any atom is 0.573 e. The number of ether oxygens (including phenoxy) is 1. The first-order valence-electron chi connectivity index (χ1n) is 10.5.